The topological polar surface area (TPSA) is 46.5 Å². The Morgan fingerprint density at radius 1 is 1.13 bits per heavy atom. The average molecular weight is 343 g/mol. The molecule has 7 heteroatoms. The van der Waals surface area contributed by atoms with Gasteiger partial charge in [-0.15, -0.1) is 13.2 Å². The molecule has 2 rings (SSSR count). The minimum atomic E-state index is -4.74. The number of rotatable bonds is 4. The van der Waals surface area contributed by atoms with E-state index >= 15 is 0 Å². The summed E-state index contributed by atoms with van der Waals surface area (Å²) < 4.78 is 40.1. The zero-order valence-electron chi connectivity index (χ0n) is 11.5. The molecule has 0 unspecified atom stereocenters. The Hall–Kier alpha value is -2.47. The summed E-state index contributed by atoms with van der Waals surface area (Å²) in [6, 6.07) is 10.2. The van der Waals surface area contributed by atoms with Crippen LogP contribution in [0, 0.1) is 0 Å². The van der Waals surface area contributed by atoms with Crippen molar-refractivity contribution in [1.29, 1.82) is 0 Å². The van der Waals surface area contributed by atoms with Gasteiger partial charge in [0.15, 0.2) is 0 Å². The quantitative estimate of drug-likeness (QED) is 0.795. The van der Waals surface area contributed by atoms with Crippen LogP contribution < -0.4 is 4.74 Å². The van der Waals surface area contributed by atoms with E-state index in [1.54, 1.807) is 18.2 Å². The first kappa shape index (κ1) is 16.9. The third-order valence-electron chi connectivity index (χ3n) is 2.81. The Morgan fingerprint density at radius 2 is 1.78 bits per heavy atom. The summed E-state index contributed by atoms with van der Waals surface area (Å²) in [5, 5.41) is 8.92. The Labute approximate surface area is 134 Å². The van der Waals surface area contributed by atoms with E-state index in [4.69, 9.17) is 16.7 Å². The highest BCUT2D eigenvalue weighted by atomic mass is 35.5. The second-order valence-corrected chi connectivity index (χ2v) is 4.89. The number of alkyl halides is 3. The van der Waals surface area contributed by atoms with Gasteiger partial charge in [0.1, 0.15) is 5.75 Å². The molecule has 2 aromatic rings. The summed E-state index contributed by atoms with van der Waals surface area (Å²) in [6.07, 6.45) is -2.37. The number of aliphatic carboxylic acids is 1. The van der Waals surface area contributed by atoms with Crippen molar-refractivity contribution >= 4 is 23.6 Å². The molecule has 0 saturated carbocycles. The van der Waals surface area contributed by atoms with E-state index in [1.807, 2.05) is 0 Å². The molecular weight excluding hydrogens is 333 g/mol. The molecule has 0 saturated heterocycles. The first-order chi connectivity index (χ1) is 10.7. The number of benzene rings is 2. The van der Waals surface area contributed by atoms with Crippen molar-refractivity contribution in [3.05, 3.63) is 59.1 Å². The molecular formula is C16H10ClF3O3. The van der Waals surface area contributed by atoms with Crippen LogP contribution in [0.15, 0.2) is 48.5 Å². The fourth-order valence-electron chi connectivity index (χ4n) is 1.87. The summed E-state index contributed by atoms with van der Waals surface area (Å²) in [5.41, 5.74) is 1.81. The maximum absolute atomic E-state index is 12.1. The molecule has 3 nitrogen and oxygen atoms in total. The molecule has 0 amide bonds. The Balaban J connectivity index is 2.23. The van der Waals surface area contributed by atoms with Crippen molar-refractivity contribution in [3.63, 3.8) is 0 Å². The molecule has 0 aliphatic heterocycles. The van der Waals surface area contributed by atoms with Crippen molar-refractivity contribution in [2.75, 3.05) is 0 Å². The molecule has 0 spiro atoms. The number of carbonyl (C=O) groups is 1. The minimum absolute atomic E-state index is 0.321. The van der Waals surface area contributed by atoms with Crippen LogP contribution in [0.5, 0.6) is 5.75 Å². The lowest BCUT2D eigenvalue weighted by Crippen LogP contribution is -2.16. The summed E-state index contributed by atoms with van der Waals surface area (Å²) in [5.74, 6) is -1.40. The fourth-order valence-corrected chi connectivity index (χ4v) is 2.17. The van der Waals surface area contributed by atoms with E-state index in [0.717, 1.165) is 6.08 Å². The predicted molar refractivity (Wildman–Crippen MR) is 80.2 cm³/mol. The Kier molecular flexibility index (Phi) is 4.95. The van der Waals surface area contributed by atoms with E-state index in [1.165, 1.54) is 30.3 Å². The lowest BCUT2D eigenvalue weighted by Gasteiger charge is -2.10. The molecule has 0 atom stereocenters. The van der Waals surface area contributed by atoms with Crippen LogP contribution in [0.25, 0.3) is 17.2 Å². The smallest absolute Gasteiger partial charge is 0.478 e. The first-order valence-electron chi connectivity index (χ1n) is 6.31. The zero-order chi connectivity index (χ0) is 17.0. The maximum Gasteiger partial charge on any atom is 0.573 e. The fraction of sp³-hybridized carbons (Fsp3) is 0.0625. The van der Waals surface area contributed by atoms with Crippen molar-refractivity contribution in [3.8, 4) is 16.9 Å². The Bertz CT molecular complexity index is 737. The van der Waals surface area contributed by atoms with Gasteiger partial charge >= 0.3 is 12.3 Å². The normalized spacial score (nSPS) is 11.7. The van der Waals surface area contributed by atoms with Crippen LogP contribution in [-0.2, 0) is 4.79 Å². The number of carboxylic acid groups (broad SMARTS) is 1. The van der Waals surface area contributed by atoms with Crippen LogP contribution in [0.4, 0.5) is 13.2 Å². The van der Waals surface area contributed by atoms with Gasteiger partial charge in [-0.2, -0.15) is 0 Å². The van der Waals surface area contributed by atoms with Gasteiger partial charge in [-0.1, -0.05) is 35.9 Å². The highest BCUT2D eigenvalue weighted by molar-refractivity contribution is 6.33. The monoisotopic (exact) mass is 342 g/mol. The standard InChI is InChI=1S/C16H10ClF3O3/c17-14-9-10(2-8-15(21)22)1-7-13(14)11-3-5-12(6-4-11)23-16(18,19)20/h1-9H,(H,21,22)/b8-2+. The third kappa shape index (κ3) is 5.03. The molecule has 0 bridgehead atoms. The van der Waals surface area contributed by atoms with Gasteiger partial charge in [-0.05, 0) is 35.4 Å². The van der Waals surface area contributed by atoms with Crippen LogP contribution >= 0.6 is 11.6 Å². The molecule has 0 aliphatic rings. The van der Waals surface area contributed by atoms with E-state index in [2.05, 4.69) is 4.74 Å². The zero-order valence-corrected chi connectivity index (χ0v) is 12.2. The maximum atomic E-state index is 12.1. The Morgan fingerprint density at radius 3 is 2.30 bits per heavy atom. The number of carboxylic acids is 1. The van der Waals surface area contributed by atoms with Crippen molar-refractivity contribution in [2.45, 2.75) is 6.36 Å². The number of halogens is 4. The lowest BCUT2D eigenvalue weighted by atomic mass is 10.0. The molecule has 0 heterocycles. The van der Waals surface area contributed by atoms with Gasteiger partial charge < -0.3 is 9.84 Å². The molecule has 2 aromatic carbocycles. The summed E-state index contributed by atoms with van der Waals surface area (Å²) in [7, 11) is 0. The van der Waals surface area contributed by atoms with Gasteiger partial charge in [0.2, 0.25) is 0 Å². The molecule has 0 aliphatic carbocycles. The van der Waals surface area contributed by atoms with E-state index < -0.39 is 12.3 Å². The minimum Gasteiger partial charge on any atom is -0.478 e. The number of hydrogen-bond acceptors (Lipinski definition) is 2. The van der Waals surface area contributed by atoms with E-state index in [-0.39, 0.29) is 5.75 Å². The summed E-state index contributed by atoms with van der Waals surface area (Å²) >= 11 is 6.13. The van der Waals surface area contributed by atoms with Crippen molar-refractivity contribution in [2.24, 2.45) is 0 Å². The van der Waals surface area contributed by atoms with E-state index in [0.29, 0.717) is 21.7 Å². The molecule has 120 valence electrons. The van der Waals surface area contributed by atoms with Crippen LogP contribution in [-0.4, -0.2) is 17.4 Å². The molecule has 0 aromatic heterocycles. The molecule has 0 radical (unpaired) electrons. The highest BCUT2D eigenvalue weighted by Gasteiger charge is 2.30. The number of hydrogen-bond donors (Lipinski definition) is 1. The second-order valence-electron chi connectivity index (χ2n) is 4.48. The van der Waals surface area contributed by atoms with Crippen LogP contribution in [0.3, 0.4) is 0 Å². The molecule has 23 heavy (non-hydrogen) atoms. The lowest BCUT2D eigenvalue weighted by molar-refractivity contribution is -0.274. The van der Waals surface area contributed by atoms with Gasteiger partial charge in [-0.25, -0.2) is 4.79 Å². The van der Waals surface area contributed by atoms with Gasteiger partial charge in [0.05, 0.1) is 0 Å². The van der Waals surface area contributed by atoms with E-state index in [9.17, 15) is 18.0 Å². The number of ether oxygens (including phenoxy) is 1. The molecule has 0 fully saturated rings. The van der Waals surface area contributed by atoms with Gasteiger partial charge in [-0.3, -0.25) is 0 Å². The van der Waals surface area contributed by atoms with Gasteiger partial charge in [0.25, 0.3) is 0 Å². The highest BCUT2D eigenvalue weighted by Crippen LogP contribution is 2.31. The van der Waals surface area contributed by atoms with Crippen molar-refractivity contribution < 1.29 is 27.8 Å². The second kappa shape index (κ2) is 6.75. The van der Waals surface area contributed by atoms with Gasteiger partial charge in [0, 0.05) is 16.7 Å². The average Bonchev–Trinajstić information content (AvgIpc) is 2.45. The van der Waals surface area contributed by atoms with Crippen molar-refractivity contribution in [1.82, 2.24) is 0 Å². The SMILES string of the molecule is O=C(O)/C=C/c1ccc(-c2ccc(OC(F)(F)F)cc2)c(Cl)c1. The summed E-state index contributed by atoms with van der Waals surface area (Å²) in [4.78, 5) is 10.5. The third-order valence-corrected chi connectivity index (χ3v) is 3.12. The predicted octanol–water partition coefficient (Wildman–Crippen LogP) is 5.00. The first-order valence-corrected chi connectivity index (χ1v) is 6.69. The van der Waals surface area contributed by atoms with Crippen LogP contribution in [0.2, 0.25) is 5.02 Å². The van der Waals surface area contributed by atoms with Crippen LogP contribution in [0.1, 0.15) is 5.56 Å². The largest absolute Gasteiger partial charge is 0.573 e. The summed E-state index contributed by atoms with van der Waals surface area (Å²) in [6.45, 7) is 0. The molecule has 1 N–H and O–H groups in total.